The molecule has 0 saturated heterocycles. The van der Waals surface area contributed by atoms with Crippen LogP contribution in [-0.4, -0.2) is 68.4 Å². The number of phosphoric acid groups is 1. The minimum atomic E-state index is -4.32. The zero-order valence-electron chi connectivity index (χ0n) is 27.5. The molecule has 3 N–H and O–H groups in total. The first kappa shape index (κ1) is 40.2. The van der Waals surface area contributed by atoms with E-state index in [9.17, 15) is 31.9 Å². The molecule has 48 heavy (non-hydrogen) atoms. The van der Waals surface area contributed by atoms with E-state index in [1.165, 1.54) is 18.2 Å². The fourth-order valence-electron chi connectivity index (χ4n) is 4.43. The Kier molecular flexibility index (Phi) is 13.9. The van der Waals surface area contributed by atoms with Crippen LogP contribution in [0.15, 0.2) is 41.3 Å². The SMILES string of the molecule is CC(C)(C)OP(=O)(OCCCNc1c2cc(N)ccc2nc2ccc(S(=O)(=O)N(CCO[P+](=O)[O-])CCO[P+](=O)[O-])cc12)OC(C)(C)C. The first-order valence-electron chi connectivity index (χ1n) is 14.8. The molecule has 266 valence electrons. The number of fused-ring (bicyclic) bond motifs is 2. The highest BCUT2D eigenvalue weighted by Crippen LogP contribution is 2.55. The van der Waals surface area contributed by atoms with E-state index in [-0.39, 0.29) is 18.0 Å². The van der Waals surface area contributed by atoms with Crippen LogP contribution in [-0.2, 0) is 46.3 Å². The summed E-state index contributed by atoms with van der Waals surface area (Å²) in [7, 11) is -14.7. The van der Waals surface area contributed by atoms with Crippen LogP contribution in [0.3, 0.4) is 0 Å². The first-order valence-corrected chi connectivity index (χ1v) is 19.9. The monoisotopic (exact) mass is 750 g/mol. The lowest BCUT2D eigenvalue weighted by Crippen LogP contribution is -2.36. The molecule has 20 heteroatoms. The summed E-state index contributed by atoms with van der Waals surface area (Å²) in [5.41, 5.74) is 6.49. The number of aromatic nitrogens is 1. The van der Waals surface area contributed by atoms with Crippen molar-refractivity contribution in [2.45, 2.75) is 64.1 Å². The second-order valence-electron chi connectivity index (χ2n) is 12.4. The number of sulfonamides is 1. The van der Waals surface area contributed by atoms with Crippen molar-refractivity contribution in [1.29, 1.82) is 0 Å². The average Bonchev–Trinajstić information content (AvgIpc) is 2.93. The summed E-state index contributed by atoms with van der Waals surface area (Å²) in [4.78, 5) is 26.3. The highest BCUT2D eigenvalue weighted by atomic mass is 32.2. The van der Waals surface area contributed by atoms with Gasteiger partial charge in [-0.15, -0.1) is 9.05 Å². The molecule has 0 bridgehead atoms. The number of nitrogens with zero attached hydrogens (tertiary/aromatic N) is 2. The van der Waals surface area contributed by atoms with Gasteiger partial charge in [0.05, 0.1) is 39.4 Å². The molecule has 0 amide bonds. The molecule has 3 aromatic rings. The van der Waals surface area contributed by atoms with E-state index in [0.717, 1.165) is 4.31 Å². The molecule has 0 saturated carbocycles. The molecule has 16 nitrogen and oxygen atoms in total. The summed E-state index contributed by atoms with van der Waals surface area (Å²) in [6, 6.07) is 9.37. The number of nitrogen functional groups attached to an aromatic ring is 1. The van der Waals surface area contributed by atoms with Gasteiger partial charge in [0.1, 0.15) is 13.2 Å². The predicted octanol–water partition coefficient (Wildman–Crippen LogP) is 4.59. The Balaban J connectivity index is 1.94. The number of phosphoric ester groups is 1. The number of nitrogens with one attached hydrogen (secondary N) is 1. The van der Waals surface area contributed by atoms with E-state index >= 15 is 0 Å². The maximum atomic E-state index is 13.7. The first-order chi connectivity index (χ1) is 22.2. The molecule has 3 rings (SSSR count). The zero-order valence-corrected chi connectivity index (χ0v) is 31.0. The molecular formula is C28H41N4O12P3S. The summed E-state index contributed by atoms with van der Waals surface area (Å²) in [5.74, 6) is 0. The molecule has 2 unspecified atom stereocenters. The van der Waals surface area contributed by atoms with Crippen molar-refractivity contribution in [2.75, 3.05) is 50.5 Å². The van der Waals surface area contributed by atoms with Gasteiger partial charge in [0, 0.05) is 36.1 Å². The molecule has 0 spiro atoms. The average molecular weight is 751 g/mol. The number of benzene rings is 2. The zero-order chi connectivity index (χ0) is 35.9. The Morgan fingerprint density at radius 3 is 1.92 bits per heavy atom. The van der Waals surface area contributed by atoms with Gasteiger partial charge in [0.25, 0.3) is 0 Å². The molecule has 0 aliphatic rings. The van der Waals surface area contributed by atoms with Gasteiger partial charge in [0.2, 0.25) is 10.0 Å². The minimum Gasteiger partial charge on any atom is -0.566 e. The Morgan fingerprint density at radius 2 is 1.40 bits per heavy atom. The van der Waals surface area contributed by atoms with Gasteiger partial charge < -0.3 is 20.8 Å². The van der Waals surface area contributed by atoms with E-state index in [1.54, 1.807) is 59.7 Å². The Morgan fingerprint density at radius 1 is 0.875 bits per heavy atom. The van der Waals surface area contributed by atoms with Crippen LogP contribution in [0.4, 0.5) is 11.4 Å². The molecule has 2 aromatic carbocycles. The van der Waals surface area contributed by atoms with Gasteiger partial charge in [0.15, 0.2) is 0 Å². The van der Waals surface area contributed by atoms with Crippen LogP contribution in [0, 0.1) is 0 Å². The quantitative estimate of drug-likeness (QED) is 0.0784. The second-order valence-corrected chi connectivity index (χ2v) is 17.3. The van der Waals surface area contributed by atoms with Gasteiger partial charge in [-0.05, 0) is 93.5 Å². The lowest BCUT2D eigenvalue weighted by atomic mass is 10.1. The highest BCUT2D eigenvalue weighted by Gasteiger charge is 2.37. The van der Waals surface area contributed by atoms with Crippen molar-refractivity contribution in [2.24, 2.45) is 0 Å². The smallest absolute Gasteiger partial charge is 0.488 e. The van der Waals surface area contributed by atoms with Crippen molar-refractivity contribution in [3.05, 3.63) is 36.4 Å². The number of rotatable bonds is 18. The van der Waals surface area contributed by atoms with Crippen LogP contribution in [0.1, 0.15) is 48.0 Å². The molecule has 0 aliphatic carbocycles. The molecule has 1 heterocycles. The number of hydrogen-bond acceptors (Lipinski definition) is 15. The summed E-state index contributed by atoms with van der Waals surface area (Å²) >= 11 is 0. The normalized spacial score (nSPS) is 13.8. The third-order valence-corrected chi connectivity index (χ3v) is 10.8. The molecule has 0 radical (unpaired) electrons. The largest absolute Gasteiger partial charge is 0.566 e. The number of nitrogens with two attached hydrogens (primary N) is 1. The van der Waals surface area contributed by atoms with Crippen molar-refractivity contribution < 1.29 is 54.5 Å². The van der Waals surface area contributed by atoms with Crippen molar-refractivity contribution >= 4 is 67.5 Å². The van der Waals surface area contributed by atoms with Gasteiger partial charge >= 0.3 is 24.3 Å². The van der Waals surface area contributed by atoms with E-state index in [2.05, 4.69) is 19.3 Å². The predicted molar refractivity (Wildman–Crippen MR) is 178 cm³/mol. The maximum Gasteiger partial charge on any atom is 0.488 e. The van der Waals surface area contributed by atoms with Gasteiger partial charge in [-0.1, -0.05) is 0 Å². The fourth-order valence-corrected chi connectivity index (χ4v) is 8.16. The maximum absolute atomic E-state index is 13.7. The standard InChI is InChI=1S/C28H41N4O12P3S/c1-27(2,3)43-47(37,44-28(4,5)6)42-15-7-12-30-26-22-18-20(29)8-10-24(22)31-25-11-9-21(19-23(25)26)48(38,39)32(13-16-40-45(33)34)14-17-41-46(35)36/h8-11,18-19H,7,12-17,29H2,1-6H3,(H,30,31). The molecular weight excluding hydrogens is 709 g/mol. The van der Waals surface area contributed by atoms with Crippen molar-refractivity contribution in [1.82, 2.24) is 9.29 Å². The summed E-state index contributed by atoms with van der Waals surface area (Å²) < 4.78 is 89.5. The number of anilines is 2. The topological polar surface area (TPSA) is 232 Å². The van der Waals surface area contributed by atoms with E-state index in [0.29, 0.717) is 39.6 Å². The van der Waals surface area contributed by atoms with Crippen LogP contribution in [0.5, 0.6) is 0 Å². The lowest BCUT2D eigenvalue weighted by Gasteiger charge is -2.30. The Bertz CT molecular complexity index is 1740. The van der Waals surface area contributed by atoms with Crippen LogP contribution < -0.4 is 20.8 Å². The lowest BCUT2D eigenvalue weighted by molar-refractivity contribution is -0.186. The minimum absolute atomic E-state index is 0.00206. The summed E-state index contributed by atoms with van der Waals surface area (Å²) in [6.07, 6.45) is 0.342. The third kappa shape index (κ3) is 12.3. The Hall–Kier alpha value is -2.23. The van der Waals surface area contributed by atoms with Crippen molar-refractivity contribution in [3.8, 4) is 0 Å². The van der Waals surface area contributed by atoms with Crippen LogP contribution in [0.2, 0.25) is 0 Å². The van der Waals surface area contributed by atoms with E-state index in [4.69, 9.17) is 19.3 Å². The number of hydrogen-bond donors (Lipinski definition) is 2. The van der Waals surface area contributed by atoms with E-state index in [1.807, 2.05) is 0 Å². The highest BCUT2D eigenvalue weighted by molar-refractivity contribution is 7.89. The molecule has 0 fully saturated rings. The molecule has 2 atom stereocenters. The van der Waals surface area contributed by atoms with Gasteiger partial charge in [-0.25, -0.2) is 18.0 Å². The molecule has 0 aliphatic heterocycles. The van der Waals surface area contributed by atoms with Crippen LogP contribution >= 0.6 is 24.3 Å². The van der Waals surface area contributed by atoms with E-state index < -0.39 is 71.9 Å². The second kappa shape index (κ2) is 16.7. The van der Waals surface area contributed by atoms with Gasteiger partial charge in [-0.2, -0.15) is 4.31 Å². The summed E-state index contributed by atoms with van der Waals surface area (Å²) in [6.45, 7) is 8.92. The van der Waals surface area contributed by atoms with Crippen molar-refractivity contribution in [3.63, 3.8) is 0 Å². The van der Waals surface area contributed by atoms with Crippen LogP contribution in [0.25, 0.3) is 21.8 Å². The molecule has 1 aromatic heterocycles. The third-order valence-electron chi connectivity index (χ3n) is 6.12. The fraction of sp³-hybridized carbons (Fsp3) is 0.536. The Labute approximate surface area is 281 Å². The van der Waals surface area contributed by atoms with Gasteiger partial charge in [-0.3, -0.25) is 13.6 Å². The number of pyridine rings is 1. The summed E-state index contributed by atoms with van der Waals surface area (Å²) in [5, 5.41) is 4.34.